The third-order valence-corrected chi connectivity index (χ3v) is 1.94. The Kier molecular flexibility index (Phi) is 2.00. The summed E-state index contributed by atoms with van der Waals surface area (Å²) in [5, 5.41) is 0. The fourth-order valence-corrected chi connectivity index (χ4v) is 1.23. The van der Waals surface area contributed by atoms with Gasteiger partial charge in [0.2, 0.25) is 0 Å². The summed E-state index contributed by atoms with van der Waals surface area (Å²) in [6, 6.07) is 7.05. The van der Waals surface area contributed by atoms with E-state index in [1.54, 1.807) is 12.1 Å². The maximum Gasteiger partial charge on any atom is 0.194 e. The minimum Gasteiger partial charge on any atom is -0.458 e. The summed E-state index contributed by atoms with van der Waals surface area (Å²) in [5.74, 6) is 2.33. The normalized spacial score (nSPS) is 10.4. The summed E-state index contributed by atoms with van der Waals surface area (Å²) < 4.78 is 10.7. The van der Waals surface area contributed by atoms with Crippen molar-refractivity contribution in [2.45, 2.75) is 13.8 Å². The number of hydrogen-bond acceptors (Lipinski definition) is 3. The van der Waals surface area contributed by atoms with Crippen molar-refractivity contribution in [1.82, 2.24) is 0 Å². The molecule has 3 heteroatoms. The van der Waals surface area contributed by atoms with Gasteiger partial charge in [-0.1, -0.05) is 0 Å². The Labute approximate surface area is 81.3 Å². The van der Waals surface area contributed by atoms with Gasteiger partial charge in [0.15, 0.2) is 23.1 Å². The van der Waals surface area contributed by atoms with Gasteiger partial charge >= 0.3 is 0 Å². The van der Waals surface area contributed by atoms with Gasteiger partial charge in [-0.15, -0.1) is 0 Å². The number of rotatable bonds is 2. The maximum atomic E-state index is 11.0. The summed E-state index contributed by atoms with van der Waals surface area (Å²) in [7, 11) is 0. The zero-order chi connectivity index (χ0) is 10.1. The molecule has 0 atom stereocenters. The van der Waals surface area contributed by atoms with Crippen LogP contribution in [0.25, 0.3) is 11.5 Å². The highest BCUT2D eigenvalue weighted by Gasteiger charge is 2.10. The van der Waals surface area contributed by atoms with E-state index in [1.165, 1.54) is 6.92 Å². The molecule has 0 spiro atoms. The van der Waals surface area contributed by atoms with Crippen LogP contribution >= 0.6 is 0 Å². The number of carbonyl (C=O) groups is 1. The van der Waals surface area contributed by atoms with Crippen LogP contribution in [-0.4, -0.2) is 5.78 Å². The first-order valence-electron chi connectivity index (χ1n) is 4.34. The molecule has 0 saturated carbocycles. The Balaban J connectivity index is 2.38. The average Bonchev–Trinajstić information content (AvgIpc) is 2.70. The lowest BCUT2D eigenvalue weighted by Crippen LogP contribution is -1.85. The fraction of sp³-hybridized carbons (Fsp3) is 0.182. The molecule has 0 bridgehead atoms. The predicted molar refractivity (Wildman–Crippen MR) is 51.2 cm³/mol. The largest absolute Gasteiger partial charge is 0.458 e. The van der Waals surface area contributed by atoms with E-state index in [-0.39, 0.29) is 5.78 Å². The van der Waals surface area contributed by atoms with E-state index in [9.17, 15) is 4.79 Å². The van der Waals surface area contributed by atoms with Crippen molar-refractivity contribution in [3.8, 4) is 11.5 Å². The van der Waals surface area contributed by atoms with Gasteiger partial charge in [-0.2, -0.15) is 0 Å². The number of Topliss-reactive ketones (excluding diaryl/α,β-unsaturated/α-hetero) is 1. The quantitative estimate of drug-likeness (QED) is 0.683. The van der Waals surface area contributed by atoms with Crippen LogP contribution in [0.3, 0.4) is 0 Å². The minimum absolute atomic E-state index is 0.0838. The molecule has 0 aliphatic rings. The standard InChI is InChI=1S/C11H10O3/c1-7-3-4-10(13-7)11-6-5-9(14-11)8(2)12/h3-6H,1-2H3. The SMILES string of the molecule is CC(=O)c1ccc(-c2ccc(C)o2)o1. The molecule has 0 amide bonds. The van der Waals surface area contributed by atoms with Crippen LogP contribution in [0.4, 0.5) is 0 Å². The van der Waals surface area contributed by atoms with E-state index in [0.717, 1.165) is 5.76 Å². The van der Waals surface area contributed by atoms with Crippen LogP contribution in [0.15, 0.2) is 33.1 Å². The highest BCUT2D eigenvalue weighted by atomic mass is 16.4. The summed E-state index contributed by atoms with van der Waals surface area (Å²) in [6.07, 6.45) is 0. The maximum absolute atomic E-state index is 11.0. The first kappa shape index (κ1) is 8.81. The van der Waals surface area contributed by atoms with E-state index in [2.05, 4.69) is 0 Å². The molecule has 0 radical (unpaired) electrons. The van der Waals surface area contributed by atoms with E-state index in [1.807, 2.05) is 19.1 Å². The van der Waals surface area contributed by atoms with E-state index in [4.69, 9.17) is 8.83 Å². The average molecular weight is 190 g/mol. The monoisotopic (exact) mass is 190 g/mol. The van der Waals surface area contributed by atoms with Gasteiger partial charge in [-0.3, -0.25) is 4.79 Å². The molecular weight excluding hydrogens is 180 g/mol. The Hall–Kier alpha value is -1.77. The van der Waals surface area contributed by atoms with Gasteiger partial charge in [0, 0.05) is 6.92 Å². The van der Waals surface area contributed by atoms with Gasteiger partial charge in [-0.05, 0) is 31.2 Å². The molecule has 72 valence electrons. The topological polar surface area (TPSA) is 43.4 Å². The first-order valence-corrected chi connectivity index (χ1v) is 4.34. The number of hydrogen-bond donors (Lipinski definition) is 0. The van der Waals surface area contributed by atoms with Crippen LogP contribution in [-0.2, 0) is 0 Å². The van der Waals surface area contributed by atoms with Crippen molar-refractivity contribution in [2.75, 3.05) is 0 Å². The van der Waals surface area contributed by atoms with Gasteiger partial charge < -0.3 is 8.83 Å². The van der Waals surface area contributed by atoms with Crippen molar-refractivity contribution >= 4 is 5.78 Å². The van der Waals surface area contributed by atoms with Gasteiger partial charge in [0.1, 0.15) is 5.76 Å². The molecule has 0 saturated heterocycles. The lowest BCUT2D eigenvalue weighted by atomic mass is 10.3. The second-order valence-electron chi connectivity index (χ2n) is 3.13. The zero-order valence-electron chi connectivity index (χ0n) is 8.03. The van der Waals surface area contributed by atoms with Gasteiger partial charge in [0.05, 0.1) is 0 Å². The summed E-state index contributed by atoms with van der Waals surface area (Å²) >= 11 is 0. The zero-order valence-corrected chi connectivity index (χ0v) is 8.03. The second-order valence-corrected chi connectivity index (χ2v) is 3.13. The van der Waals surface area contributed by atoms with E-state index < -0.39 is 0 Å². The molecule has 2 aromatic heterocycles. The molecule has 0 fully saturated rings. The van der Waals surface area contributed by atoms with Crippen molar-refractivity contribution < 1.29 is 13.6 Å². The van der Waals surface area contributed by atoms with Crippen molar-refractivity contribution in [1.29, 1.82) is 0 Å². The van der Waals surface area contributed by atoms with Crippen molar-refractivity contribution in [3.63, 3.8) is 0 Å². The predicted octanol–water partition coefficient (Wildman–Crippen LogP) is 3.05. The molecular formula is C11H10O3. The lowest BCUT2D eigenvalue weighted by Gasteiger charge is -1.89. The van der Waals surface area contributed by atoms with Crippen molar-refractivity contribution in [3.05, 3.63) is 35.8 Å². The molecule has 14 heavy (non-hydrogen) atoms. The summed E-state index contributed by atoms with van der Waals surface area (Å²) in [4.78, 5) is 11.0. The third-order valence-electron chi connectivity index (χ3n) is 1.94. The smallest absolute Gasteiger partial charge is 0.194 e. The van der Waals surface area contributed by atoms with E-state index in [0.29, 0.717) is 17.3 Å². The van der Waals surface area contributed by atoms with Crippen LogP contribution in [0.5, 0.6) is 0 Å². The lowest BCUT2D eigenvalue weighted by molar-refractivity contribution is 0.0988. The third kappa shape index (κ3) is 1.48. The summed E-state index contributed by atoms with van der Waals surface area (Å²) in [5.41, 5.74) is 0. The first-order chi connectivity index (χ1) is 6.66. The highest BCUT2D eigenvalue weighted by Crippen LogP contribution is 2.24. The van der Waals surface area contributed by atoms with Gasteiger partial charge in [0.25, 0.3) is 0 Å². The van der Waals surface area contributed by atoms with Crippen LogP contribution < -0.4 is 0 Å². The van der Waals surface area contributed by atoms with E-state index >= 15 is 0 Å². The number of ketones is 1. The Morgan fingerprint density at radius 2 is 1.71 bits per heavy atom. The Bertz CT molecular complexity index is 462. The molecule has 3 nitrogen and oxygen atoms in total. The summed E-state index contributed by atoms with van der Waals surface area (Å²) in [6.45, 7) is 3.33. The van der Waals surface area contributed by atoms with Crippen molar-refractivity contribution in [2.24, 2.45) is 0 Å². The fourth-order valence-electron chi connectivity index (χ4n) is 1.23. The number of aryl methyl sites for hydroxylation is 1. The van der Waals surface area contributed by atoms with Crippen LogP contribution in [0.2, 0.25) is 0 Å². The Morgan fingerprint density at radius 1 is 1.07 bits per heavy atom. The van der Waals surface area contributed by atoms with Crippen LogP contribution in [0.1, 0.15) is 23.2 Å². The molecule has 0 aliphatic carbocycles. The number of furan rings is 2. The van der Waals surface area contributed by atoms with Crippen LogP contribution in [0, 0.1) is 6.92 Å². The van der Waals surface area contributed by atoms with Gasteiger partial charge in [-0.25, -0.2) is 0 Å². The molecule has 0 aliphatic heterocycles. The second kappa shape index (κ2) is 3.18. The molecule has 2 aromatic rings. The minimum atomic E-state index is -0.0838. The molecule has 0 aromatic carbocycles. The molecule has 2 heterocycles. The molecule has 0 unspecified atom stereocenters. The number of carbonyl (C=O) groups excluding carboxylic acids is 1. The Morgan fingerprint density at radius 3 is 2.21 bits per heavy atom. The molecule has 2 rings (SSSR count). The molecule has 0 N–H and O–H groups in total. The highest BCUT2D eigenvalue weighted by molar-refractivity contribution is 5.91.